The van der Waals surface area contributed by atoms with Crippen LogP contribution in [0.5, 0.6) is 0 Å². The summed E-state index contributed by atoms with van der Waals surface area (Å²) in [6.45, 7) is 9.54. The first-order chi connectivity index (χ1) is 11.3. The number of nitrogens with zero attached hydrogens (tertiary/aromatic N) is 3. The zero-order valence-corrected chi connectivity index (χ0v) is 14.5. The Labute approximate surface area is 140 Å². The largest absolute Gasteiger partial charge is 0.370 e. The highest BCUT2D eigenvalue weighted by molar-refractivity contribution is 5.61. The molecule has 0 fully saturated rings. The van der Waals surface area contributed by atoms with Gasteiger partial charge < -0.3 is 10.2 Å². The fraction of sp³-hybridized carbons (Fsp3) is 0.474. The molecule has 2 aromatic rings. The molecule has 0 saturated carbocycles. The lowest BCUT2D eigenvalue weighted by atomic mass is 10.2. The molecule has 1 aromatic heterocycles. The van der Waals surface area contributed by atoms with Crippen molar-refractivity contribution < 1.29 is 0 Å². The van der Waals surface area contributed by atoms with Gasteiger partial charge in [0.15, 0.2) is 5.82 Å². The summed E-state index contributed by atoms with van der Waals surface area (Å²) in [5.74, 6) is 2.72. The van der Waals surface area contributed by atoms with E-state index in [9.17, 15) is 0 Å². The van der Waals surface area contributed by atoms with Gasteiger partial charge in [-0.25, -0.2) is 9.97 Å². The molecule has 4 nitrogen and oxygen atoms in total. The average Bonchev–Trinajstić information content (AvgIpc) is 2.60. The summed E-state index contributed by atoms with van der Waals surface area (Å²) in [4.78, 5) is 11.9. The van der Waals surface area contributed by atoms with Gasteiger partial charge in [-0.05, 0) is 19.3 Å². The predicted octanol–water partition coefficient (Wildman–Crippen LogP) is 4.59. The van der Waals surface area contributed by atoms with Crippen molar-refractivity contribution in [3.8, 4) is 11.4 Å². The quantitative estimate of drug-likeness (QED) is 0.735. The predicted molar refractivity (Wildman–Crippen MR) is 99.0 cm³/mol. The van der Waals surface area contributed by atoms with Gasteiger partial charge in [0, 0.05) is 31.3 Å². The molecule has 1 aromatic carbocycles. The number of anilines is 2. The topological polar surface area (TPSA) is 41.0 Å². The molecule has 2 rings (SSSR count). The van der Waals surface area contributed by atoms with Crippen LogP contribution in [0, 0.1) is 0 Å². The van der Waals surface area contributed by atoms with Crippen molar-refractivity contribution in [2.24, 2.45) is 0 Å². The van der Waals surface area contributed by atoms with Gasteiger partial charge in [0.25, 0.3) is 0 Å². The second-order valence-corrected chi connectivity index (χ2v) is 5.71. The number of aromatic nitrogens is 2. The first-order valence-electron chi connectivity index (χ1n) is 8.71. The lowest BCUT2D eigenvalue weighted by Crippen LogP contribution is -2.26. The maximum absolute atomic E-state index is 4.82. The number of nitrogens with one attached hydrogen (secondary N) is 1. The summed E-state index contributed by atoms with van der Waals surface area (Å²) >= 11 is 0. The third-order valence-corrected chi connectivity index (χ3v) is 3.61. The summed E-state index contributed by atoms with van der Waals surface area (Å²) in [5, 5.41) is 3.41. The van der Waals surface area contributed by atoms with E-state index in [1.54, 1.807) is 0 Å². The van der Waals surface area contributed by atoms with Crippen LogP contribution >= 0.6 is 0 Å². The highest BCUT2D eigenvalue weighted by Gasteiger charge is 2.11. The summed E-state index contributed by atoms with van der Waals surface area (Å²) in [7, 11) is 0. The second-order valence-electron chi connectivity index (χ2n) is 5.71. The molecular weight excluding hydrogens is 284 g/mol. The lowest BCUT2D eigenvalue weighted by Gasteiger charge is -2.23. The normalized spacial score (nSPS) is 10.6. The Morgan fingerprint density at radius 1 is 0.913 bits per heavy atom. The van der Waals surface area contributed by atoms with Crippen LogP contribution in [0.4, 0.5) is 11.6 Å². The van der Waals surface area contributed by atoms with Crippen LogP contribution in [0.3, 0.4) is 0 Å². The van der Waals surface area contributed by atoms with Gasteiger partial charge in [0.05, 0.1) is 0 Å². The van der Waals surface area contributed by atoms with Crippen molar-refractivity contribution in [1.82, 2.24) is 9.97 Å². The van der Waals surface area contributed by atoms with Gasteiger partial charge in [-0.1, -0.05) is 51.1 Å². The second kappa shape index (κ2) is 9.13. The molecule has 23 heavy (non-hydrogen) atoms. The van der Waals surface area contributed by atoms with E-state index < -0.39 is 0 Å². The van der Waals surface area contributed by atoms with Gasteiger partial charge in [-0.2, -0.15) is 0 Å². The van der Waals surface area contributed by atoms with E-state index in [0.29, 0.717) is 0 Å². The molecule has 0 atom stereocenters. The molecule has 0 bridgehead atoms. The monoisotopic (exact) mass is 312 g/mol. The number of hydrogen-bond donors (Lipinski definition) is 1. The van der Waals surface area contributed by atoms with E-state index in [2.05, 4.69) is 49.2 Å². The maximum Gasteiger partial charge on any atom is 0.163 e. The van der Waals surface area contributed by atoms with Crippen molar-refractivity contribution in [2.75, 3.05) is 29.9 Å². The van der Waals surface area contributed by atoms with Crippen molar-refractivity contribution >= 4 is 11.6 Å². The molecule has 4 heteroatoms. The molecule has 1 heterocycles. The van der Waals surface area contributed by atoms with Gasteiger partial charge in [0.2, 0.25) is 0 Å². The summed E-state index contributed by atoms with van der Waals surface area (Å²) in [6, 6.07) is 12.3. The molecule has 124 valence electrons. The molecular formula is C19H28N4. The van der Waals surface area contributed by atoms with Crippen LogP contribution in [0.2, 0.25) is 0 Å². The SMILES string of the molecule is CCCNc1cc(N(CCC)CCC)nc(-c2ccccc2)n1. The Morgan fingerprint density at radius 3 is 2.22 bits per heavy atom. The Hall–Kier alpha value is -2.10. The van der Waals surface area contributed by atoms with Crippen molar-refractivity contribution in [3.05, 3.63) is 36.4 Å². The van der Waals surface area contributed by atoms with Crippen LogP contribution in [0.25, 0.3) is 11.4 Å². The Balaban J connectivity index is 2.39. The summed E-state index contributed by atoms with van der Waals surface area (Å²) in [5.41, 5.74) is 1.06. The Morgan fingerprint density at radius 2 is 1.61 bits per heavy atom. The van der Waals surface area contributed by atoms with Crippen LogP contribution in [-0.4, -0.2) is 29.6 Å². The maximum atomic E-state index is 4.82. The van der Waals surface area contributed by atoms with Crippen molar-refractivity contribution in [3.63, 3.8) is 0 Å². The van der Waals surface area contributed by atoms with Gasteiger partial charge in [-0.15, -0.1) is 0 Å². The minimum Gasteiger partial charge on any atom is -0.370 e. The number of benzene rings is 1. The number of hydrogen-bond acceptors (Lipinski definition) is 4. The molecule has 0 aliphatic rings. The molecule has 0 saturated heterocycles. The van der Waals surface area contributed by atoms with E-state index in [1.165, 1.54) is 0 Å². The van der Waals surface area contributed by atoms with E-state index in [4.69, 9.17) is 9.97 Å². The summed E-state index contributed by atoms with van der Waals surface area (Å²) < 4.78 is 0. The fourth-order valence-corrected chi connectivity index (χ4v) is 2.54. The molecule has 1 N–H and O–H groups in total. The first kappa shape index (κ1) is 17.3. The molecule has 0 aliphatic carbocycles. The van der Waals surface area contributed by atoms with E-state index >= 15 is 0 Å². The Kier molecular flexibility index (Phi) is 6.85. The smallest absolute Gasteiger partial charge is 0.163 e. The van der Waals surface area contributed by atoms with Crippen molar-refractivity contribution in [2.45, 2.75) is 40.0 Å². The molecule has 0 aliphatic heterocycles. The van der Waals surface area contributed by atoms with Crippen LogP contribution in [-0.2, 0) is 0 Å². The summed E-state index contributed by atoms with van der Waals surface area (Å²) in [6.07, 6.45) is 3.30. The number of rotatable bonds is 9. The van der Waals surface area contributed by atoms with Crippen LogP contribution in [0.1, 0.15) is 40.0 Å². The minimum atomic E-state index is 0.791. The third-order valence-electron chi connectivity index (χ3n) is 3.61. The lowest BCUT2D eigenvalue weighted by molar-refractivity contribution is 0.733. The van der Waals surface area contributed by atoms with Gasteiger partial charge in [0.1, 0.15) is 11.6 Å². The highest BCUT2D eigenvalue weighted by Crippen LogP contribution is 2.23. The zero-order chi connectivity index (χ0) is 16.5. The third kappa shape index (κ3) is 4.95. The standard InChI is InChI=1S/C19H28N4/c1-4-12-20-17-15-18(23(13-5-2)14-6-3)22-19(21-17)16-10-8-7-9-11-16/h7-11,15H,4-6,12-14H2,1-3H3,(H,20,21,22). The van der Waals surface area contributed by atoms with Crippen LogP contribution in [0.15, 0.2) is 36.4 Å². The van der Waals surface area contributed by atoms with E-state index in [0.717, 1.165) is 61.9 Å². The average molecular weight is 312 g/mol. The van der Waals surface area contributed by atoms with Crippen molar-refractivity contribution in [1.29, 1.82) is 0 Å². The molecule has 0 unspecified atom stereocenters. The fourth-order valence-electron chi connectivity index (χ4n) is 2.54. The van der Waals surface area contributed by atoms with E-state index in [1.807, 2.05) is 18.2 Å². The minimum absolute atomic E-state index is 0.791. The highest BCUT2D eigenvalue weighted by atomic mass is 15.2. The zero-order valence-electron chi connectivity index (χ0n) is 14.5. The van der Waals surface area contributed by atoms with Gasteiger partial charge >= 0.3 is 0 Å². The molecule has 0 amide bonds. The Bertz CT molecular complexity index is 577. The van der Waals surface area contributed by atoms with Crippen LogP contribution < -0.4 is 10.2 Å². The first-order valence-corrected chi connectivity index (χ1v) is 8.71. The van der Waals surface area contributed by atoms with E-state index in [-0.39, 0.29) is 0 Å². The molecule has 0 radical (unpaired) electrons. The molecule has 0 spiro atoms. The van der Waals surface area contributed by atoms with Gasteiger partial charge in [-0.3, -0.25) is 0 Å².